The number of hydrogen-bond donors (Lipinski definition) is 1. The van der Waals surface area contributed by atoms with E-state index in [0.29, 0.717) is 6.29 Å². The monoisotopic (exact) mass is 232 g/mol. The van der Waals surface area contributed by atoms with E-state index in [0.717, 1.165) is 0 Å². The van der Waals surface area contributed by atoms with Crippen molar-refractivity contribution in [2.75, 3.05) is 13.2 Å². The molecule has 0 radical (unpaired) electrons. The van der Waals surface area contributed by atoms with Gasteiger partial charge in [-0.3, -0.25) is 0 Å². The molecular weight excluding hydrogens is 216 g/mol. The molecule has 0 aliphatic heterocycles. The van der Waals surface area contributed by atoms with Crippen LogP contribution in [-0.2, 0) is 23.9 Å². The Morgan fingerprint density at radius 3 is 1.88 bits per heavy atom. The van der Waals surface area contributed by atoms with Crippen LogP contribution in [0.4, 0.5) is 0 Å². The van der Waals surface area contributed by atoms with Gasteiger partial charge >= 0.3 is 11.9 Å². The summed E-state index contributed by atoms with van der Waals surface area (Å²) in [7, 11) is 0. The number of carbonyl (C=O) groups is 3. The highest BCUT2D eigenvalue weighted by Crippen LogP contribution is 2.20. The van der Waals surface area contributed by atoms with Gasteiger partial charge in [0, 0.05) is 0 Å². The molecular formula is C10H16O6. The summed E-state index contributed by atoms with van der Waals surface area (Å²) in [4.78, 5) is 33.5. The van der Waals surface area contributed by atoms with Crippen molar-refractivity contribution in [3.8, 4) is 0 Å². The summed E-state index contributed by atoms with van der Waals surface area (Å²) in [5.74, 6) is -3.58. The van der Waals surface area contributed by atoms with Crippen molar-refractivity contribution in [1.29, 1.82) is 0 Å². The molecule has 0 bridgehead atoms. The number of ether oxygens (including phenoxy) is 2. The van der Waals surface area contributed by atoms with Crippen LogP contribution in [0.25, 0.3) is 0 Å². The van der Waals surface area contributed by atoms with E-state index in [1.54, 1.807) is 0 Å². The first-order valence-electron chi connectivity index (χ1n) is 4.97. The Bertz CT molecular complexity index is 254. The molecule has 92 valence electrons. The van der Waals surface area contributed by atoms with Gasteiger partial charge in [-0.15, -0.1) is 0 Å². The molecule has 0 rings (SSSR count). The molecule has 0 aliphatic rings. The highest BCUT2D eigenvalue weighted by molar-refractivity contribution is 6.05. The van der Waals surface area contributed by atoms with E-state index in [1.807, 2.05) is 0 Å². The average molecular weight is 232 g/mol. The van der Waals surface area contributed by atoms with E-state index in [9.17, 15) is 19.5 Å². The molecule has 16 heavy (non-hydrogen) atoms. The maximum atomic E-state index is 11.4. The van der Waals surface area contributed by atoms with Gasteiger partial charge < -0.3 is 19.4 Å². The first-order valence-corrected chi connectivity index (χ1v) is 4.97. The lowest BCUT2D eigenvalue weighted by Crippen LogP contribution is -2.54. The van der Waals surface area contributed by atoms with Crippen LogP contribution in [-0.4, -0.2) is 42.1 Å². The van der Waals surface area contributed by atoms with Crippen LogP contribution in [0.5, 0.6) is 0 Å². The molecule has 0 fully saturated rings. The Morgan fingerprint density at radius 2 is 1.62 bits per heavy atom. The van der Waals surface area contributed by atoms with Crippen LogP contribution in [0.1, 0.15) is 20.8 Å². The normalized spacial score (nSPS) is 12.8. The van der Waals surface area contributed by atoms with E-state index in [2.05, 4.69) is 9.47 Å². The van der Waals surface area contributed by atoms with Crippen LogP contribution in [0, 0.1) is 5.92 Å². The molecule has 0 aromatic heterocycles. The predicted molar refractivity (Wildman–Crippen MR) is 53.4 cm³/mol. The SMILES string of the molecule is CCOC(=O)C(O)(C(=O)OCC)C(C)C=O. The summed E-state index contributed by atoms with van der Waals surface area (Å²) in [5, 5.41) is 9.90. The highest BCUT2D eigenvalue weighted by Gasteiger charge is 2.52. The Kier molecular flexibility index (Phi) is 5.66. The topological polar surface area (TPSA) is 89.9 Å². The van der Waals surface area contributed by atoms with Crippen molar-refractivity contribution in [3.63, 3.8) is 0 Å². The fourth-order valence-electron chi connectivity index (χ4n) is 1.04. The van der Waals surface area contributed by atoms with Crippen LogP contribution in [0.15, 0.2) is 0 Å². The number of aliphatic hydroxyl groups is 1. The van der Waals surface area contributed by atoms with E-state index >= 15 is 0 Å². The molecule has 0 amide bonds. The second-order valence-electron chi connectivity index (χ2n) is 3.13. The zero-order chi connectivity index (χ0) is 12.8. The summed E-state index contributed by atoms with van der Waals surface area (Å²) in [5.41, 5.74) is -2.56. The van der Waals surface area contributed by atoms with E-state index in [1.165, 1.54) is 20.8 Å². The molecule has 0 spiro atoms. The van der Waals surface area contributed by atoms with Crippen molar-refractivity contribution in [2.24, 2.45) is 5.92 Å². The van der Waals surface area contributed by atoms with Gasteiger partial charge in [-0.05, 0) is 13.8 Å². The highest BCUT2D eigenvalue weighted by atomic mass is 16.6. The van der Waals surface area contributed by atoms with Crippen molar-refractivity contribution in [2.45, 2.75) is 26.4 Å². The van der Waals surface area contributed by atoms with Gasteiger partial charge in [0.25, 0.3) is 5.60 Å². The van der Waals surface area contributed by atoms with Gasteiger partial charge in [0.2, 0.25) is 0 Å². The first kappa shape index (κ1) is 14.6. The maximum Gasteiger partial charge on any atom is 0.350 e. The molecule has 0 saturated carbocycles. The molecule has 6 nitrogen and oxygen atoms in total. The summed E-state index contributed by atoms with van der Waals surface area (Å²) in [6.07, 6.45) is 0.299. The molecule has 0 aromatic rings. The lowest BCUT2D eigenvalue weighted by atomic mass is 9.90. The minimum atomic E-state index is -2.56. The Labute approximate surface area is 93.5 Å². The maximum absolute atomic E-state index is 11.4. The molecule has 0 saturated heterocycles. The van der Waals surface area contributed by atoms with Gasteiger partial charge in [-0.2, -0.15) is 0 Å². The Morgan fingerprint density at radius 1 is 1.25 bits per heavy atom. The largest absolute Gasteiger partial charge is 0.463 e. The lowest BCUT2D eigenvalue weighted by Gasteiger charge is -2.25. The number of rotatable bonds is 6. The molecule has 6 heteroatoms. The number of aldehydes is 1. The molecule has 0 aromatic carbocycles. The Hall–Kier alpha value is -1.43. The van der Waals surface area contributed by atoms with Crippen molar-refractivity contribution >= 4 is 18.2 Å². The molecule has 0 aliphatic carbocycles. The summed E-state index contributed by atoms with van der Waals surface area (Å²) >= 11 is 0. The van der Waals surface area contributed by atoms with Crippen LogP contribution in [0.3, 0.4) is 0 Å². The molecule has 1 unspecified atom stereocenters. The Balaban J connectivity index is 5.09. The fourth-order valence-corrected chi connectivity index (χ4v) is 1.04. The lowest BCUT2D eigenvalue weighted by molar-refractivity contribution is -0.189. The third-order valence-corrected chi connectivity index (χ3v) is 2.04. The smallest absolute Gasteiger partial charge is 0.350 e. The minimum absolute atomic E-state index is 0.00781. The molecule has 1 atom stereocenters. The first-order chi connectivity index (χ1) is 7.44. The van der Waals surface area contributed by atoms with Crippen LogP contribution < -0.4 is 0 Å². The second kappa shape index (κ2) is 6.22. The fraction of sp³-hybridized carbons (Fsp3) is 0.700. The van der Waals surface area contributed by atoms with E-state index in [4.69, 9.17) is 0 Å². The third-order valence-electron chi connectivity index (χ3n) is 2.04. The van der Waals surface area contributed by atoms with Gasteiger partial charge in [0.15, 0.2) is 0 Å². The standard InChI is InChI=1S/C10H16O6/c1-4-15-8(12)10(14,7(3)6-11)9(13)16-5-2/h6-7,14H,4-5H2,1-3H3. The van der Waals surface area contributed by atoms with E-state index < -0.39 is 23.5 Å². The van der Waals surface area contributed by atoms with Crippen molar-refractivity contribution in [3.05, 3.63) is 0 Å². The zero-order valence-electron chi connectivity index (χ0n) is 9.56. The van der Waals surface area contributed by atoms with Crippen molar-refractivity contribution < 1.29 is 29.0 Å². The average Bonchev–Trinajstić information content (AvgIpc) is 2.27. The third kappa shape index (κ3) is 2.79. The van der Waals surface area contributed by atoms with Gasteiger partial charge in [0.1, 0.15) is 6.29 Å². The van der Waals surface area contributed by atoms with Crippen molar-refractivity contribution in [1.82, 2.24) is 0 Å². The van der Waals surface area contributed by atoms with Gasteiger partial charge in [0.05, 0.1) is 19.1 Å². The summed E-state index contributed by atoms with van der Waals surface area (Å²) in [6, 6.07) is 0. The minimum Gasteiger partial charge on any atom is -0.463 e. The van der Waals surface area contributed by atoms with Gasteiger partial charge in [-0.25, -0.2) is 9.59 Å². The number of esters is 2. The quantitative estimate of drug-likeness (QED) is 0.383. The zero-order valence-corrected chi connectivity index (χ0v) is 9.56. The van der Waals surface area contributed by atoms with Crippen LogP contribution in [0.2, 0.25) is 0 Å². The molecule has 1 N–H and O–H groups in total. The summed E-state index contributed by atoms with van der Waals surface area (Å²) in [6.45, 7) is 4.27. The summed E-state index contributed by atoms with van der Waals surface area (Å²) < 4.78 is 9.10. The number of carbonyl (C=O) groups excluding carboxylic acids is 3. The van der Waals surface area contributed by atoms with E-state index in [-0.39, 0.29) is 13.2 Å². The van der Waals surface area contributed by atoms with Gasteiger partial charge in [-0.1, -0.05) is 6.92 Å². The van der Waals surface area contributed by atoms with Crippen LogP contribution >= 0.6 is 0 Å². The molecule has 0 heterocycles. The second-order valence-corrected chi connectivity index (χ2v) is 3.13. The number of hydrogen-bond acceptors (Lipinski definition) is 6. The predicted octanol–water partition coefficient (Wildman–Crippen LogP) is -0.321.